The molecule has 3 fully saturated rings. The van der Waals surface area contributed by atoms with Crippen molar-refractivity contribution < 1.29 is 89.4 Å². The maximum absolute atomic E-state index is 13.3. The van der Waals surface area contributed by atoms with E-state index in [0.717, 1.165) is 57.8 Å². The standard InChI is InChI=1S/C58H99NO18/c1-3-5-7-9-11-13-15-17-19-20-22-23-25-27-29-31-33-35-42(63)41(59-46(64)36-34-32-30-28-26-24-21-18-16-14-12-10-8-6-4-2)40-72-56-52(70)49(67)54(44(38-61)74-56)77-58-53(71)50(68)55(45(39-62)75-58)76-57-51(69)48(66)47(65)43(37-60)73-57/h6,8,12,14,18,21,25-28,33,35,41-45,47-58,60-63,65-71H,3-5,7,9-11,13,15-17,19-20,22-24,29-32,34,36-40H2,1-2H3,(H,59,64)/b8-6-,14-12-,21-18-,27-25+,28-26-,35-33+. The fourth-order valence-electron chi connectivity index (χ4n) is 9.25. The van der Waals surface area contributed by atoms with E-state index in [4.69, 9.17) is 28.4 Å². The first-order chi connectivity index (χ1) is 37.3. The molecule has 3 aliphatic heterocycles. The van der Waals surface area contributed by atoms with Gasteiger partial charge in [-0.25, -0.2) is 0 Å². The fraction of sp³-hybridized carbons (Fsp3) is 0.776. The molecule has 19 heteroatoms. The predicted molar refractivity (Wildman–Crippen MR) is 291 cm³/mol. The van der Waals surface area contributed by atoms with Crippen molar-refractivity contribution >= 4 is 5.91 Å². The number of ether oxygens (including phenoxy) is 6. The Morgan fingerprint density at radius 1 is 0.481 bits per heavy atom. The third-order valence-corrected chi connectivity index (χ3v) is 14.0. The summed E-state index contributed by atoms with van der Waals surface area (Å²) in [6.45, 7) is 1.52. The van der Waals surface area contributed by atoms with Crippen molar-refractivity contribution in [3.8, 4) is 0 Å². The van der Waals surface area contributed by atoms with Gasteiger partial charge in [0.2, 0.25) is 5.91 Å². The molecular weight excluding hydrogens is 999 g/mol. The topological polar surface area (TPSA) is 307 Å². The lowest BCUT2D eigenvalue weighted by atomic mass is 9.96. The Morgan fingerprint density at radius 3 is 1.45 bits per heavy atom. The number of aliphatic hydroxyl groups excluding tert-OH is 11. The first-order valence-electron chi connectivity index (χ1n) is 28.7. The first-order valence-corrected chi connectivity index (χ1v) is 28.7. The predicted octanol–water partition coefficient (Wildman–Crippen LogP) is 4.26. The number of amides is 1. The van der Waals surface area contributed by atoms with Crippen molar-refractivity contribution in [1.29, 1.82) is 0 Å². The quantitative estimate of drug-likeness (QED) is 0.0301. The molecule has 3 rings (SSSR count). The number of unbranched alkanes of at least 4 members (excludes halogenated alkanes) is 14. The molecule has 0 aliphatic carbocycles. The zero-order valence-electron chi connectivity index (χ0n) is 45.9. The summed E-state index contributed by atoms with van der Waals surface area (Å²) in [5, 5.41) is 120. The molecule has 3 aliphatic rings. The molecule has 0 radical (unpaired) electrons. The van der Waals surface area contributed by atoms with Crippen molar-refractivity contribution in [3.63, 3.8) is 0 Å². The number of nitrogens with one attached hydrogen (secondary N) is 1. The molecule has 0 aromatic carbocycles. The highest BCUT2D eigenvalue weighted by molar-refractivity contribution is 5.76. The Hall–Kier alpha value is -2.77. The Bertz CT molecular complexity index is 1690. The van der Waals surface area contributed by atoms with E-state index >= 15 is 0 Å². The lowest BCUT2D eigenvalue weighted by Gasteiger charge is -2.48. The Labute approximate surface area is 458 Å². The zero-order valence-corrected chi connectivity index (χ0v) is 45.9. The molecule has 444 valence electrons. The number of allylic oxidation sites excluding steroid dienone is 11. The van der Waals surface area contributed by atoms with E-state index in [1.54, 1.807) is 6.08 Å². The molecule has 17 unspecified atom stereocenters. The van der Waals surface area contributed by atoms with Crippen molar-refractivity contribution in [1.82, 2.24) is 5.32 Å². The van der Waals surface area contributed by atoms with Gasteiger partial charge in [0.05, 0.1) is 38.6 Å². The van der Waals surface area contributed by atoms with Crippen LogP contribution < -0.4 is 5.32 Å². The van der Waals surface area contributed by atoms with Crippen LogP contribution in [0.4, 0.5) is 0 Å². The highest BCUT2D eigenvalue weighted by Gasteiger charge is 2.53. The van der Waals surface area contributed by atoms with Crippen molar-refractivity contribution in [3.05, 3.63) is 72.9 Å². The van der Waals surface area contributed by atoms with Gasteiger partial charge in [-0.3, -0.25) is 4.79 Å². The summed E-state index contributed by atoms with van der Waals surface area (Å²) in [6, 6.07) is -1.01. The normalized spacial score (nSPS) is 31.3. The van der Waals surface area contributed by atoms with E-state index in [0.29, 0.717) is 12.8 Å². The average Bonchev–Trinajstić information content (AvgIpc) is 3.43. The molecule has 0 spiro atoms. The number of hydrogen-bond acceptors (Lipinski definition) is 18. The lowest BCUT2D eigenvalue weighted by molar-refractivity contribution is -0.379. The van der Waals surface area contributed by atoms with Crippen LogP contribution in [0.25, 0.3) is 0 Å². The summed E-state index contributed by atoms with van der Waals surface area (Å²) < 4.78 is 34.1. The maximum atomic E-state index is 13.3. The summed E-state index contributed by atoms with van der Waals surface area (Å²) in [5.74, 6) is -0.330. The number of aliphatic hydroxyl groups is 11. The van der Waals surface area contributed by atoms with E-state index in [-0.39, 0.29) is 18.9 Å². The second kappa shape index (κ2) is 41.3. The van der Waals surface area contributed by atoms with Gasteiger partial charge >= 0.3 is 0 Å². The maximum Gasteiger partial charge on any atom is 0.220 e. The molecule has 1 amide bonds. The highest BCUT2D eigenvalue weighted by Crippen LogP contribution is 2.33. The van der Waals surface area contributed by atoms with E-state index in [2.05, 4.69) is 79.9 Å². The molecule has 77 heavy (non-hydrogen) atoms. The fourth-order valence-corrected chi connectivity index (χ4v) is 9.25. The third-order valence-electron chi connectivity index (χ3n) is 14.0. The summed E-state index contributed by atoms with van der Waals surface area (Å²) in [4.78, 5) is 13.3. The largest absolute Gasteiger partial charge is 0.394 e. The van der Waals surface area contributed by atoms with Gasteiger partial charge in [0.15, 0.2) is 18.9 Å². The van der Waals surface area contributed by atoms with Gasteiger partial charge in [-0.1, -0.05) is 151 Å². The number of rotatable bonds is 40. The minimum absolute atomic E-state index is 0.179. The highest BCUT2D eigenvalue weighted by atomic mass is 16.8. The molecule has 0 bridgehead atoms. The van der Waals surface area contributed by atoms with E-state index in [1.165, 1.54) is 64.2 Å². The second-order valence-electron chi connectivity index (χ2n) is 20.4. The van der Waals surface area contributed by atoms with Crippen LogP contribution in [0.3, 0.4) is 0 Å². The van der Waals surface area contributed by atoms with Crippen LogP contribution in [-0.2, 0) is 33.2 Å². The van der Waals surface area contributed by atoms with Gasteiger partial charge in [-0.05, 0) is 70.6 Å². The number of carbonyl (C=O) groups is 1. The molecule has 17 atom stereocenters. The van der Waals surface area contributed by atoms with Crippen LogP contribution in [0.5, 0.6) is 0 Å². The zero-order chi connectivity index (χ0) is 56.2. The lowest BCUT2D eigenvalue weighted by Crippen LogP contribution is -2.66. The molecule has 3 heterocycles. The molecular formula is C58H99NO18. The summed E-state index contributed by atoms with van der Waals surface area (Å²) >= 11 is 0. The summed E-state index contributed by atoms with van der Waals surface area (Å²) in [6.07, 6.45) is 20.4. The Morgan fingerprint density at radius 2 is 0.909 bits per heavy atom. The smallest absolute Gasteiger partial charge is 0.220 e. The third kappa shape index (κ3) is 25.7. The average molecular weight is 1100 g/mol. The molecule has 19 nitrogen and oxygen atoms in total. The minimum Gasteiger partial charge on any atom is -0.394 e. The van der Waals surface area contributed by atoms with Crippen molar-refractivity contribution in [2.24, 2.45) is 0 Å². The molecule has 0 aromatic heterocycles. The van der Waals surface area contributed by atoms with Gasteiger partial charge < -0.3 is 89.9 Å². The van der Waals surface area contributed by atoms with Gasteiger partial charge in [0.1, 0.15) is 73.2 Å². The molecule has 0 saturated carbocycles. The van der Waals surface area contributed by atoms with Gasteiger partial charge in [0, 0.05) is 6.42 Å². The van der Waals surface area contributed by atoms with E-state index in [9.17, 15) is 61.0 Å². The minimum atomic E-state index is -1.99. The van der Waals surface area contributed by atoms with Crippen LogP contribution in [0.2, 0.25) is 0 Å². The summed E-state index contributed by atoms with van der Waals surface area (Å²) in [7, 11) is 0. The van der Waals surface area contributed by atoms with Crippen LogP contribution in [0.1, 0.15) is 155 Å². The van der Waals surface area contributed by atoms with Gasteiger partial charge in [-0.2, -0.15) is 0 Å². The number of carbonyl (C=O) groups excluding carboxylic acids is 1. The Balaban J connectivity index is 1.56. The SMILES string of the molecule is CC/C=C\C/C=C\C/C=C\C/C=C\CCCCC(=O)NC(COC1OC(CO)C(OC2OC(CO)C(OC3OC(CO)C(O)C(O)C3O)C(O)C2O)C(O)C1O)C(O)/C=C/CC/C=C/CCCCCCCCCCCCC. The molecule has 3 saturated heterocycles. The molecule has 12 N–H and O–H groups in total. The van der Waals surface area contributed by atoms with Gasteiger partial charge in [-0.15, -0.1) is 0 Å². The second-order valence-corrected chi connectivity index (χ2v) is 20.4. The molecule has 0 aromatic rings. The first kappa shape index (κ1) is 68.5. The summed E-state index contributed by atoms with van der Waals surface area (Å²) in [5.41, 5.74) is 0. The van der Waals surface area contributed by atoms with E-state index in [1.807, 2.05) is 6.08 Å². The van der Waals surface area contributed by atoms with Crippen LogP contribution in [-0.4, -0.2) is 193 Å². The van der Waals surface area contributed by atoms with Crippen LogP contribution >= 0.6 is 0 Å². The van der Waals surface area contributed by atoms with Crippen molar-refractivity contribution in [2.75, 3.05) is 26.4 Å². The van der Waals surface area contributed by atoms with E-state index < -0.39 is 124 Å². The Kier molecular flexibility index (Phi) is 36.7. The van der Waals surface area contributed by atoms with Crippen molar-refractivity contribution in [2.45, 2.75) is 259 Å². The number of hydrogen-bond donors (Lipinski definition) is 12. The van der Waals surface area contributed by atoms with Crippen LogP contribution in [0, 0.1) is 0 Å². The van der Waals surface area contributed by atoms with Crippen LogP contribution in [0.15, 0.2) is 72.9 Å². The van der Waals surface area contributed by atoms with Gasteiger partial charge in [0.25, 0.3) is 0 Å². The monoisotopic (exact) mass is 1100 g/mol.